The summed E-state index contributed by atoms with van der Waals surface area (Å²) in [4.78, 5) is 10.8. The molecule has 6 nitrogen and oxygen atoms in total. The molecule has 1 aromatic rings. The number of benzene rings is 1. The topological polar surface area (TPSA) is 83.9 Å². The quantitative estimate of drug-likeness (QED) is 0.864. The fraction of sp³-hybridized carbons (Fsp3) is 0.500. The first-order valence-electron chi connectivity index (χ1n) is 6.45. The van der Waals surface area contributed by atoms with Crippen molar-refractivity contribution in [3.8, 4) is 5.75 Å². The molecule has 0 saturated carbocycles. The lowest BCUT2D eigenvalue weighted by Crippen LogP contribution is -2.30. The smallest absolute Gasteiger partial charge is 0.304 e. The molecular formula is C14H21NO5S. The first-order valence-corrected chi connectivity index (χ1v) is 7.89. The molecule has 0 fully saturated rings. The SMILES string of the molecule is COc1cc(C)c(S(=O)(=O)N(C)CCC(=O)O)c(C)c1C. The van der Waals surface area contributed by atoms with Crippen LogP contribution in [-0.4, -0.2) is 44.5 Å². The summed E-state index contributed by atoms with van der Waals surface area (Å²) in [7, 11) is -0.807. The van der Waals surface area contributed by atoms with Gasteiger partial charge in [0.25, 0.3) is 0 Å². The zero-order valence-electron chi connectivity index (χ0n) is 12.9. The number of aliphatic carboxylic acids is 1. The standard InChI is InChI=1S/C14H21NO5S/c1-9-8-12(20-5)10(2)11(3)14(9)21(18,19)15(4)7-6-13(16)17/h8H,6-7H2,1-5H3,(H,16,17). The minimum Gasteiger partial charge on any atom is -0.496 e. The van der Waals surface area contributed by atoms with Gasteiger partial charge in [0.2, 0.25) is 10.0 Å². The number of sulfonamides is 1. The van der Waals surface area contributed by atoms with E-state index in [1.807, 2.05) is 0 Å². The fourth-order valence-electron chi connectivity index (χ4n) is 2.16. The van der Waals surface area contributed by atoms with Gasteiger partial charge >= 0.3 is 5.97 Å². The Morgan fingerprint density at radius 2 is 1.86 bits per heavy atom. The first-order chi connectivity index (χ1) is 9.62. The zero-order chi connectivity index (χ0) is 16.4. The molecule has 118 valence electrons. The molecular weight excluding hydrogens is 294 g/mol. The van der Waals surface area contributed by atoms with Gasteiger partial charge in [-0.15, -0.1) is 0 Å². The molecule has 1 rings (SSSR count). The Bertz CT molecular complexity index is 652. The number of ether oxygens (including phenoxy) is 1. The molecule has 7 heteroatoms. The molecule has 0 aliphatic rings. The summed E-state index contributed by atoms with van der Waals surface area (Å²) in [5.74, 6) is -0.395. The summed E-state index contributed by atoms with van der Waals surface area (Å²) in [6.45, 7) is 5.15. The highest BCUT2D eigenvalue weighted by Gasteiger charge is 2.27. The largest absolute Gasteiger partial charge is 0.496 e. The van der Waals surface area contributed by atoms with Gasteiger partial charge in [0, 0.05) is 13.6 Å². The van der Waals surface area contributed by atoms with Gasteiger partial charge in [-0.2, -0.15) is 0 Å². The lowest BCUT2D eigenvalue weighted by molar-refractivity contribution is -0.137. The van der Waals surface area contributed by atoms with Crippen molar-refractivity contribution in [2.45, 2.75) is 32.1 Å². The van der Waals surface area contributed by atoms with Crippen LogP contribution >= 0.6 is 0 Å². The van der Waals surface area contributed by atoms with Crippen molar-refractivity contribution in [3.63, 3.8) is 0 Å². The van der Waals surface area contributed by atoms with Crippen LogP contribution < -0.4 is 4.74 Å². The van der Waals surface area contributed by atoms with Gasteiger partial charge in [-0.25, -0.2) is 12.7 Å². The predicted molar refractivity (Wildman–Crippen MR) is 79.3 cm³/mol. The summed E-state index contributed by atoms with van der Waals surface area (Å²) in [5.41, 5.74) is 1.96. The number of carbonyl (C=O) groups is 1. The third kappa shape index (κ3) is 3.54. The van der Waals surface area contributed by atoms with E-state index in [0.717, 1.165) is 9.87 Å². The zero-order valence-corrected chi connectivity index (χ0v) is 13.7. The van der Waals surface area contributed by atoms with Gasteiger partial charge in [-0.05, 0) is 43.5 Å². The molecule has 0 aliphatic carbocycles. The molecule has 0 spiro atoms. The van der Waals surface area contributed by atoms with Crippen molar-refractivity contribution in [2.75, 3.05) is 20.7 Å². The van der Waals surface area contributed by atoms with Crippen LogP contribution in [0.1, 0.15) is 23.1 Å². The van der Waals surface area contributed by atoms with E-state index in [2.05, 4.69) is 0 Å². The van der Waals surface area contributed by atoms with E-state index >= 15 is 0 Å². The number of hydrogen-bond donors (Lipinski definition) is 1. The van der Waals surface area contributed by atoms with Crippen molar-refractivity contribution in [1.82, 2.24) is 4.31 Å². The van der Waals surface area contributed by atoms with E-state index in [9.17, 15) is 13.2 Å². The van der Waals surface area contributed by atoms with Gasteiger partial charge in [-0.3, -0.25) is 4.79 Å². The summed E-state index contributed by atoms with van der Waals surface area (Å²) in [5, 5.41) is 8.68. The number of carboxylic acid groups (broad SMARTS) is 1. The Hall–Kier alpha value is -1.60. The van der Waals surface area contributed by atoms with E-state index in [1.54, 1.807) is 26.8 Å². The maximum Gasteiger partial charge on any atom is 0.304 e. The Kier molecular flexibility index (Phi) is 5.36. The van der Waals surface area contributed by atoms with Gasteiger partial charge in [-0.1, -0.05) is 0 Å². The molecule has 0 radical (unpaired) electrons. The maximum atomic E-state index is 12.6. The van der Waals surface area contributed by atoms with Crippen molar-refractivity contribution in [3.05, 3.63) is 22.8 Å². The number of hydrogen-bond acceptors (Lipinski definition) is 4. The second-order valence-electron chi connectivity index (χ2n) is 4.95. The molecule has 21 heavy (non-hydrogen) atoms. The van der Waals surface area contributed by atoms with Gasteiger partial charge in [0.15, 0.2) is 0 Å². The maximum absolute atomic E-state index is 12.6. The highest BCUT2D eigenvalue weighted by Crippen LogP contribution is 2.31. The van der Waals surface area contributed by atoms with E-state index in [1.165, 1.54) is 14.2 Å². The number of methoxy groups -OCH3 is 1. The Balaban J connectivity index is 3.32. The molecule has 0 aliphatic heterocycles. The summed E-state index contributed by atoms with van der Waals surface area (Å²) >= 11 is 0. The van der Waals surface area contributed by atoms with Crippen molar-refractivity contribution < 1.29 is 23.1 Å². The Morgan fingerprint density at radius 3 is 2.33 bits per heavy atom. The van der Waals surface area contributed by atoms with Crippen LogP contribution in [-0.2, 0) is 14.8 Å². The van der Waals surface area contributed by atoms with Crippen molar-refractivity contribution in [1.29, 1.82) is 0 Å². The summed E-state index contributed by atoms with van der Waals surface area (Å²) in [6, 6.07) is 1.68. The minimum atomic E-state index is -3.73. The van der Waals surface area contributed by atoms with Crippen LogP contribution in [0.15, 0.2) is 11.0 Å². The van der Waals surface area contributed by atoms with Gasteiger partial charge < -0.3 is 9.84 Å². The van der Waals surface area contributed by atoms with Crippen LogP contribution in [0.3, 0.4) is 0 Å². The number of rotatable bonds is 6. The highest BCUT2D eigenvalue weighted by atomic mass is 32.2. The third-order valence-corrected chi connectivity index (χ3v) is 5.65. The third-order valence-electron chi connectivity index (χ3n) is 3.51. The minimum absolute atomic E-state index is 0.0678. The molecule has 0 saturated heterocycles. The number of carboxylic acids is 1. The normalized spacial score (nSPS) is 11.7. The molecule has 0 heterocycles. The van der Waals surface area contributed by atoms with Crippen LogP contribution in [0.25, 0.3) is 0 Å². The van der Waals surface area contributed by atoms with Crippen LogP contribution in [0.5, 0.6) is 5.75 Å². The Morgan fingerprint density at radius 1 is 1.29 bits per heavy atom. The fourth-order valence-corrected chi connectivity index (χ4v) is 3.81. The van der Waals surface area contributed by atoms with E-state index in [-0.39, 0.29) is 17.9 Å². The number of nitrogens with zero attached hydrogens (tertiary/aromatic N) is 1. The van der Waals surface area contributed by atoms with Gasteiger partial charge in [0.1, 0.15) is 5.75 Å². The second kappa shape index (κ2) is 6.44. The molecule has 1 N–H and O–H groups in total. The number of aryl methyl sites for hydroxylation is 1. The average molecular weight is 315 g/mol. The van der Waals surface area contributed by atoms with Crippen LogP contribution in [0.2, 0.25) is 0 Å². The lowest BCUT2D eigenvalue weighted by Gasteiger charge is -2.21. The molecule has 0 aromatic heterocycles. The van der Waals surface area contributed by atoms with E-state index in [4.69, 9.17) is 9.84 Å². The Labute approximate surface area is 125 Å². The van der Waals surface area contributed by atoms with E-state index < -0.39 is 16.0 Å². The molecule has 0 amide bonds. The van der Waals surface area contributed by atoms with Crippen LogP contribution in [0.4, 0.5) is 0 Å². The average Bonchev–Trinajstić information content (AvgIpc) is 2.39. The van der Waals surface area contributed by atoms with Crippen molar-refractivity contribution >= 4 is 16.0 Å². The highest BCUT2D eigenvalue weighted by molar-refractivity contribution is 7.89. The molecule has 0 atom stereocenters. The van der Waals surface area contributed by atoms with Crippen molar-refractivity contribution in [2.24, 2.45) is 0 Å². The van der Waals surface area contributed by atoms with E-state index in [0.29, 0.717) is 16.9 Å². The van der Waals surface area contributed by atoms with Gasteiger partial charge in [0.05, 0.1) is 18.4 Å². The first kappa shape index (κ1) is 17.5. The second-order valence-corrected chi connectivity index (χ2v) is 6.93. The predicted octanol–water partition coefficient (Wildman–Crippen LogP) is 1.72. The summed E-state index contributed by atoms with van der Waals surface area (Å²) < 4.78 is 31.6. The lowest BCUT2D eigenvalue weighted by atomic mass is 10.1. The molecule has 0 unspecified atom stereocenters. The molecule has 1 aromatic carbocycles. The van der Waals surface area contributed by atoms with Crippen LogP contribution in [0, 0.1) is 20.8 Å². The molecule has 0 bridgehead atoms. The summed E-state index contributed by atoms with van der Waals surface area (Å²) in [6.07, 6.45) is -0.233. The monoisotopic (exact) mass is 315 g/mol.